The van der Waals surface area contributed by atoms with Crippen LogP contribution in [-0.2, 0) is 34.3 Å². The smallest absolute Gasteiger partial charge is 0.231 e. The molecule has 3 aliphatic heterocycles. The zero-order valence-electron chi connectivity index (χ0n) is 29.2. The Kier molecular flexibility index (Phi) is 9.76. The summed E-state index contributed by atoms with van der Waals surface area (Å²) >= 11 is 0. The SMILES string of the molecule is COC1=CC=C2C(=C[NH+]3CCc4cc5c(cc4C3=C2Cc2cc(OC)c(OC)c(OC)c2)OCO5)C1OCc1ccc(C(C)(C)C)cc1.[Cl-]. The lowest BCUT2D eigenvalue weighted by Crippen LogP contribution is -3.06. The fraction of sp³-hybridized carbons (Fsp3) is 0.350. The van der Waals surface area contributed by atoms with Crippen molar-refractivity contribution in [2.75, 3.05) is 41.8 Å². The summed E-state index contributed by atoms with van der Waals surface area (Å²) in [6.07, 6.45) is 7.71. The van der Waals surface area contributed by atoms with E-state index in [2.05, 4.69) is 69.4 Å². The summed E-state index contributed by atoms with van der Waals surface area (Å²) in [5.74, 6) is 4.19. The summed E-state index contributed by atoms with van der Waals surface area (Å²) in [5.41, 5.74) is 10.6. The van der Waals surface area contributed by atoms with Crippen molar-refractivity contribution < 1.29 is 50.5 Å². The highest BCUT2D eigenvalue weighted by Crippen LogP contribution is 2.44. The molecule has 3 aromatic rings. The zero-order chi connectivity index (χ0) is 33.6. The van der Waals surface area contributed by atoms with Crippen molar-refractivity contribution in [3.8, 4) is 28.7 Å². The first-order chi connectivity index (χ1) is 23.2. The predicted octanol–water partition coefficient (Wildman–Crippen LogP) is 3.09. The first-order valence-corrected chi connectivity index (χ1v) is 16.4. The minimum atomic E-state index is -0.362. The number of hydrogen-bond donors (Lipinski definition) is 1. The Morgan fingerprint density at radius 1 is 0.816 bits per heavy atom. The number of fused-ring (bicyclic) bond motifs is 5. The van der Waals surface area contributed by atoms with Crippen LogP contribution >= 0.6 is 0 Å². The predicted molar refractivity (Wildman–Crippen MR) is 184 cm³/mol. The van der Waals surface area contributed by atoms with Crippen LogP contribution in [0.1, 0.15) is 48.6 Å². The molecule has 0 saturated heterocycles. The fourth-order valence-electron chi connectivity index (χ4n) is 7.14. The molecule has 4 aliphatic rings. The number of rotatable bonds is 9. The van der Waals surface area contributed by atoms with E-state index < -0.39 is 0 Å². The van der Waals surface area contributed by atoms with Gasteiger partial charge in [-0.15, -0.1) is 0 Å². The van der Waals surface area contributed by atoms with Gasteiger partial charge in [-0.1, -0.05) is 51.1 Å². The molecular formula is C40H44ClNO7. The Bertz CT molecular complexity index is 1840. The Morgan fingerprint density at radius 2 is 1.51 bits per heavy atom. The molecule has 1 aliphatic carbocycles. The van der Waals surface area contributed by atoms with Crippen LogP contribution in [0.15, 0.2) is 89.4 Å². The molecule has 3 aromatic carbocycles. The molecule has 0 bridgehead atoms. The number of ether oxygens (including phenoxy) is 7. The second-order valence-corrected chi connectivity index (χ2v) is 13.5. The van der Waals surface area contributed by atoms with Gasteiger partial charge in [-0.05, 0) is 63.6 Å². The molecule has 258 valence electrons. The molecule has 0 radical (unpaired) electrons. The van der Waals surface area contributed by atoms with E-state index >= 15 is 0 Å². The Labute approximate surface area is 295 Å². The zero-order valence-corrected chi connectivity index (χ0v) is 30.0. The number of quaternary nitrogens is 1. The van der Waals surface area contributed by atoms with E-state index in [0.29, 0.717) is 30.3 Å². The minimum absolute atomic E-state index is 0. The van der Waals surface area contributed by atoms with Gasteiger partial charge in [-0.2, -0.15) is 0 Å². The van der Waals surface area contributed by atoms with Gasteiger partial charge in [0, 0.05) is 29.6 Å². The quantitative estimate of drug-likeness (QED) is 0.372. The van der Waals surface area contributed by atoms with Crippen LogP contribution < -0.4 is 41.0 Å². The number of halogens is 1. The van der Waals surface area contributed by atoms with Gasteiger partial charge in [0.25, 0.3) is 0 Å². The number of benzene rings is 3. The van der Waals surface area contributed by atoms with E-state index in [1.54, 1.807) is 28.4 Å². The molecule has 0 amide bonds. The molecule has 9 heteroatoms. The molecule has 0 spiro atoms. The van der Waals surface area contributed by atoms with Gasteiger partial charge in [-0.3, -0.25) is 4.90 Å². The number of allylic oxidation sites excluding steroid dienone is 3. The first-order valence-electron chi connectivity index (χ1n) is 16.4. The molecule has 0 saturated carbocycles. The van der Waals surface area contributed by atoms with Gasteiger partial charge < -0.3 is 45.6 Å². The summed E-state index contributed by atoms with van der Waals surface area (Å²) in [5, 5.41) is 0. The van der Waals surface area contributed by atoms with Crippen LogP contribution in [0.3, 0.4) is 0 Å². The Morgan fingerprint density at radius 3 is 2.14 bits per heavy atom. The summed E-state index contributed by atoms with van der Waals surface area (Å²) < 4.78 is 41.4. The van der Waals surface area contributed by atoms with E-state index in [1.807, 2.05) is 18.2 Å². The lowest BCUT2D eigenvalue weighted by molar-refractivity contribution is -0.771. The van der Waals surface area contributed by atoms with Gasteiger partial charge in [0.1, 0.15) is 23.8 Å². The Balaban J connectivity index is 0.00000417. The van der Waals surface area contributed by atoms with Crippen molar-refractivity contribution in [3.05, 3.63) is 117 Å². The van der Waals surface area contributed by atoms with E-state index in [9.17, 15) is 0 Å². The topological polar surface area (TPSA) is 69.1 Å². The van der Waals surface area contributed by atoms with Crippen LogP contribution in [0.25, 0.3) is 5.70 Å². The number of nitrogens with one attached hydrogen (secondary N) is 1. The maximum atomic E-state index is 6.75. The van der Waals surface area contributed by atoms with E-state index in [4.69, 9.17) is 33.2 Å². The van der Waals surface area contributed by atoms with Gasteiger partial charge >= 0.3 is 0 Å². The van der Waals surface area contributed by atoms with Crippen molar-refractivity contribution in [3.63, 3.8) is 0 Å². The molecular weight excluding hydrogens is 642 g/mol. The molecule has 0 aromatic heterocycles. The van der Waals surface area contributed by atoms with Crippen molar-refractivity contribution in [2.45, 2.75) is 51.7 Å². The average molecular weight is 686 g/mol. The van der Waals surface area contributed by atoms with E-state index in [-0.39, 0.29) is 30.7 Å². The second kappa shape index (κ2) is 13.9. The van der Waals surface area contributed by atoms with Gasteiger partial charge in [-0.25, -0.2) is 0 Å². The highest BCUT2D eigenvalue weighted by molar-refractivity contribution is 5.77. The third-order valence-electron chi connectivity index (χ3n) is 9.65. The minimum Gasteiger partial charge on any atom is -1.00 e. The first kappa shape index (κ1) is 34.5. The van der Waals surface area contributed by atoms with Gasteiger partial charge in [0.2, 0.25) is 12.5 Å². The summed E-state index contributed by atoms with van der Waals surface area (Å²) in [7, 11) is 6.64. The van der Waals surface area contributed by atoms with Crippen LogP contribution in [-0.4, -0.2) is 47.9 Å². The molecule has 3 heterocycles. The maximum absolute atomic E-state index is 6.75. The molecule has 0 fully saturated rings. The lowest BCUT2D eigenvalue weighted by Gasteiger charge is -2.36. The van der Waals surface area contributed by atoms with Crippen LogP contribution in [0.4, 0.5) is 0 Å². The van der Waals surface area contributed by atoms with Crippen molar-refractivity contribution >= 4 is 5.70 Å². The van der Waals surface area contributed by atoms with Crippen LogP contribution in [0.5, 0.6) is 28.7 Å². The number of hydrogen-bond acceptors (Lipinski definition) is 7. The Hall–Kier alpha value is -4.37. The molecule has 2 unspecified atom stereocenters. The third-order valence-corrected chi connectivity index (χ3v) is 9.65. The normalized spacial score (nSPS) is 19.0. The second-order valence-electron chi connectivity index (χ2n) is 13.5. The highest BCUT2D eigenvalue weighted by atomic mass is 35.5. The molecule has 1 N–H and O–H groups in total. The lowest BCUT2D eigenvalue weighted by atomic mass is 9.79. The van der Waals surface area contributed by atoms with Crippen molar-refractivity contribution in [1.29, 1.82) is 0 Å². The standard InChI is InChI=1S/C40H43NO7.ClH/c1-40(2,3)27-10-8-24(9-11-27)22-46-38-31-21-41-15-14-26-19-33-34(48-23-47-33)20-29(26)37(41)30(28(31)12-13-32(38)42-4)16-25-17-35(43-5)39(45-7)36(18-25)44-6;/h8-13,17-21,38H,14-16,22-23H2,1-7H3;1H. The van der Waals surface area contributed by atoms with Crippen molar-refractivity contribution in [1.82, 2.24) is 0 Å². The third kappa shape index (κ3) is 6.41. The summed E-state index contributed by atoms with van der Waals surface area (Å²) in [6, 6.07) is 17.1. The van der Waals surface area contributed by atoms with Crippen LogP contribution in [0, 0.1) is 0 Å². The van der Waals surface area contributed by atoms with Gasteiger partial charge in [0.15, 0.2) is 23.0 Å². The van der Waals surface area contributed by atoms with Crippen LogP contribution in [0.2, 0.25) is 0 Å². The van der Waals surface area contributed by atoms with E-state index in [1.165, 1.54) is 32.9 Å². The molecule has 8 nitrogen and oxygen atoms in total. The molecule has 7 rings (SSSR count). The fourth-order valence-corrected chi connectivity index (χ4v) is 7.14. The maximum Gasteiger partial charge on any atom is 0.231 e. The molecule has 2 atom stereocenters. The summed E-state index contributed by atoms with van der Waals surface area (Å²) in [6.45, 7) is 8.28. The van der Waals surface area contributed by atoms with Gasteiger partial charge in [0.05, 0.1) is 41.6 Å². The highest BCUT2D eigenvalue weighted by Gasteiger charge is 2.41. The van der Waals surface area contributed by atoms with E-state index in [0.717, 1.165) is 52.5 Å². The average Bonchev–Trinajstić information content (AvgIpc) is 3.56. The molecule has 49 heavy (non-hydrogen) atoms. The largest absolute Gasteiger partial charge is 1.00 e. The number of methoxy groups -OCH3 is 4. The summed E-state index contributed by atoms with van der Waals surface area (Å²) in [4.78, 5) is 1.27. The van der Waals surface area contributed by atoms with Crippen molar-refractivity contribution in [2.24, 2.45) is 0 Å². The monoisotopic (exact) mass is 685 g/mol.